The summed E-state index contributed by atoms with van der Waals surface area (Å²) in [7, 11) is 0. The quantitative estimate of drug-likeness (QED) is 0.159. The Morgan fingerprint density at radius 3 is 1.33 bits per heavy atom. The lowest BCUT2D eigenvalue weighted by atomic mass is 9.99. The molecule has 0 N–H and O–H groups in total. The van der Waals surface area contributed by atoms with Crippen molar-refractivity contribution in [2.24, 2.45) is 0 Å². The number of halogens is 8. The Labute approximate surface area is 224 Å². The molecule has 0 radical (unpaired) electrons. The first-order valence-corrected chi connectivity index (χ1v) is 11.6. The topological polar surface area (TPSA) is 99.6 Å². The molecule has 0 atom stereocenters. The fourth-order valence-electron chi connectivity index (χ4n) is 3.33. The van der Waals surface area contributed by atoms with E-state index in [0.29, 0.717) is 0 Å². The van der Waals surface area contributed by atoms with Crippen LogP contribution in [0.2, 0.25) is 0 Å². The van der Waals surface area contributed by atoms with Crippen LogP contribution >= 0.6 is 45.2 Å². The van der Waals surface area contributed by atoms with E-state index in [0.717, 1.165) is 24.3 Å². The monoisotopic (exact) mass is 726 g/mol. The van der Waals surface area contributed by atoms with E-state index in [1.165, 1.54) is 24.3 Å². The standard InChI is InChI=1S/C22H6F6I2N4O2/c23-21(24,25)13-5-9(1-3-11(13)7-31)15-17(35-19(29)33-15)18-16(34-20(30)36-18)10-2-4-12(8-32)14(6-10)22(26,27)28/h1-6H. The molecule has 0 spiro atoms. The van der Waals surface area contributed by atoms with Gasteiger partial charge in [-0.15, -0.1) is 0 Å². The number of hydrogen-bond acceptors (Lipinski definition) is 6. The second-order valence-corrected chi connectivity index (χ2v) is 8.87. The first-order valence-electron chi connectivity index (χ1n) is 9.40. The highest BCUT2D eigenvalue weighted by Gasteiger charge is 2.36. The van der Waals surface area contributed by atoms with E-state index in [1.807, 2.05) is 0 Å². The normalized spacial score (nSPS) is 11.8. The molecule has 4 rings (SSSR count). The van der Waals surface area contributed by atoms with Gasteiger partial charge in [0.1, 0.15) is 11.4 Å². The first kappa shape index (κ1) is 26.0. The van der Waals surface area contributed by atoms with Crippen LogP contribution in [0, 0.1) is 30.5 Å². The summed E-state index contributed by atoms with van der Waals surface area (Å²) in [6.45, 7) is 0. The minimum absolute atomic E-state index is 0.00341. The van der Waals surface area contributed by atoms with Crippen molar-refractivity contribution in [3.63, 3.8) is 0 Å². The maximum Gasteiger partial charge on any atom is 0.417 e. The van der Waals surface area contributed by atoms with Gasteiger partial charge < -0.3 is 8.83 Å². The summed E-state index contributed by atoms with van der Waals surface area (Å²) >= 11 is 3.35. The fraction of sp³-hybridized carbons (Fsp3) is 0.0909. The van der Waals surface area contributed by atoms with Gasteiger partial charge in [-0.05, 0) is 24.3 Å². The van der Waals surface area contributed by atoms with Crippen molar-refractivity contribution in [2.75, 3.05) is 0 Å². The summed E-state index contributed by atoms with van der Waals surface area (Å²) in [4.78, 5) is 8.24. The Balaban J connectivity index is 1.93. The maximum absolute atomic E-state index is 13.5. The largest absolute Gasteiger partial charge is 0.428 e. The highest BCUT2D eigenvalue weighted by Crippen LogP contribution is 2.43. The van der Waals surface area contributed by atoms with Crippen LogP contribution in [0.4, 0.5) is 26.3 Å². The van der Waals surface area contributed by atoms with Crippen molar-refractivity contribution in [1.82, 2.24) is 9.97 Å². The number of nitrogens with zero attached hydrogens (tertiary/aromatic N) is 4. The number of hydrogen-bond donors (Lipinski definition) is 0. The molecular weight excluding hydrogens is 720 g/mol. The number of nitriles is 2. The number of alkyl halides is 6. The van der Waals surface area contributed by atoms with E-state index in [4.69, 9.17) is 19.4 Å². The van der Waals surface area contributed by atoms with Gasteiger partial charge in [0.2, 0.25) is 11.5 Å². The highest BCUT2D eigenvalue weighted by atomic mass is 127. The second kappa shape index (κ2) is 9.40. The molecule has 0 aliphatic rings. The Morgan fingerprint density at radius 2 is 1.03 bits per heavy atom. The van der Waals surface area contributed by atoms with Crippen molar-refractivity contribution >= 4 is 45.2 Å². The predicted molar refractivity (Wildman–Crippen MR) is 128 cm³/mol. The summed E-state index contributed by atoms with van der Waals surface area (Å²) in [5.41, 5.74) is -3.94. The van der Waals surface area contributed by atoms with Crippen molar-refractivity contribution < 1.29 is 35.2 Å². The minimum Gasteiger partial charge on any atom is -0.428 e. The van der Waals surface area contributed by atoms with Crippen LogP contribution in [0.15, 0.2) is 45.2 Å². The van der Waals surface area contributed by atoms with Gasteiger partial charge in [0.25, 0.3) is 7.79 Å². The van der Waals surface area contributed by atoms with E-state index < -0.39 is 34.6 Å². The summed E-state index contributed by atoms with van der Waals surface area (Å²) in [6, 6.07) is 8.83. The van der Waals surface area contributed by atoms with Gasteiger partial charge >= 0.3 is 12.4 Å². The van der Waals surface area contributed by atoms with Gasteiger partial charge in [-0.25, -0.2) is 9.97 Å². The third-order valence-electron chi connectivity index (χ3n) is 4.85. The third-order valence-corrected chi connectivity index (χ3v) is 5.77. The van der Waals surface area contributed by atoms with Crippen LogP contribution < -0.4 is 0 Å². The van der Waals surface area contributed by atoms with Gasteiger partial charge in [-0.3, -0.25) is 0 Å². The zero-order valence-electron chi connectivity index (χ0n) is 17.1. The Kier molecular flexibility index (Phi) is 6.78. The van der Waals surface area contributed by atoms with Crippen LogP contribution in [0.25, 0.3) is 34.0 Å². The third kappa shape index (κ3) is 4.92. The number of aromatic nitrogens is 2. The van der Waals surface area contributed by atoms with E-state index in [-0.39, 0.29) is 41.8 Å². The molecule has 2 heterocycles. The zero-order chi connectivity index (χ0) is 26.4. The van der Waals surface area contributed by atoms with E-state index in [2.05, 4.69) is 9.97 Å². The van der Waals surface area contributed by atoms with Gasteiger partial charge in [0.15, 0.2) is 0 Å². The number of rotatable bonds is 3. The smallest absolute Gasteiger partial charge is 0.417 e. The Hall–Kier alpha value is -3.12. The molecule has 6 nitrogen and oxygen atoms in total. The summed E-state index contributed by atoms with van der Waals surface area (Å²) in [5, 5.41) is 18.1. The van der Waals surface area contributed by atoms with E-state index >= 15 is 0 Å². The first-order chi connectivity index (χ1) is 16.8. The molecule has 2 aromatic heterocycles. The molecule has 36 heavy (non-hydrogen) atoms. The van der Waals surface area contributed by atoms with Crippen molar-refractivity contribution in [3.05, 3.63) is 66.4 Å². The van der Waals surface area contributed by atoms with Crippen molar-refractivity contribution in [1.29, 1.82) is 10.5 Å². The lowest BCUT2D eigenvalue weighted by molar-refractivity contribution is -0.138. The van der Waals surface area contributed by atoms with E-state index in [9.17, 15) is 26.3 Å². The molecule has 4 aromatic rings. The zero-order valence-corrected chi connectivity index (χ0v) is 21.4. The van der Waals surface area contributed by atoms with Crippen molar-refractivity contribution in [3.8, 4) is 46.2 Å². The molecule has 0 saturated heterocycles. The molecule has 0 bridgehead atoms. The Bertz CT molecular complexity index is 1460. The van der Waals surface area contributed by atoms with Crippen LogP contribution in [0.5, 0.6) is 0 Å². The molecular formula is C22H6F6I2N4O2. The van der Waals surface area contributed by atoms with Crippen LogP contribution in [-0.4, -0.2) is 9.97 Å². The van der Waals surface area contributed by atoms with Gasteiger partial charge in [-0.1, -0.05) is 12.1 Å². The summed E-state index contributed by atoms with van der Waals surface area (Å²) in [5.74, 6) is -0.360. The SMILES string of the molecule is N#Cc1ccc(-c2nc(I)oc2-c2oc(I)nc2-c2ccc(C#N)c(C(F)(F)F)c2)cc1C(F)(F)F. The lowest BCUT2D eigenvalue weighted by Crippen LogP contribution is -2.08. The average molecular weight is 726 g/mol. The van der Waals surface area contributed by atoms with E-state index in [1.54, 1.807) is 45.2 Å². The van der Waals surface area contributed by atoms with Gasteiger partial charge in [-0.2, -0.15) is 36.9 Å². The molecule has 0 saturated carbocycles. The molecule has 14 heteroatoms. The molecule has 0 amide bonds. The summed E-state index contributed by atoms with van der Waals surface area (Å²) in [6.07, 6.45) is -9.66. The second-order valence-electron chi connectivity index (χ2n) is 7.03. The average Bonchev–Trinajstić information content (AvgIpc) is 3.39. The number of benzene rings is 2. The highest BCUT2D eigenvalue weighted by molar-refractivity contribution is 14.1. The summed E-state index contributed by atoms with van der Waals surface area (Å²) < 4.78 is 92.2. The molecule has 2 aromatic carbocycles. The lowest BCUT2D eigenvalue weighted by Gasteiger charge is -2.11. The van der Waals surface area contributed by atoms with Gasteiger partial charge in [0.05, 0.1) is 34.4 Å². The molecule has 0 aliphatic carbocycles. The number of oxazole rings is 2. The van der Waals surface area contributed by atoms with Crippen molar-refractivity contribution in [2.45, 2.75) is 12.4 Å². The minimum atomic E-state index is -4.83. The van der Waals surface area contributed by atoms with Gasteiger partial charge in [0, 0.05) is 56.3 Å². The molecule has 182 valence electrons. The van der Waals surface area contributed by atoms with Crippen LogP contribution in [0.1, 0.15) is 22.3 Å². The predicted octanol–water partition coefficient (Wildman–Crippen LogP) is 7.65. The fourth-order valence-corrected chi connectivity index (χ4v) is 4.26. The molecule has 0 aliphatic heterocycles. The maximum atomic E-state index is 13.5. The Morgan fingerprint density at radius 1 is 0.667 bits per heavy atom. The molecule has 0 fully saturated rings. The molecule has 0 unspecified atom stereocenters. The van der Waals surface area contributed by atoms with Crippen LogP contribution in [0.3, 0.4) is 0 Å². The van der Waals surface area contributed by atoms with Crippen LogP contribution in [-0.2, 0) is 12.4 Å².